The molecule has 5 N–H and O–H groups in total. The predicted octanol–water partition coefficient (Wildman–Crippen LogP) is 17.7. The zero-order valence-corrected chi connectivity index (χ0v) is 61.1. The number of aryl methyl sites for hydroxylation is 5. The fourth-order valence-electron chi connectivity index (χ4n) is 13.3. The molecule has 9 aromatic rings. The molecule has 11 rings (SSSR count). The number of Topliss-reactive ketones (excluding diaryl/α,β-unsaturated/α-hetero) is 1. The quantitative estimate of drug-likeness (QED) is 0.0491. The second kappa shape index (κ2) is 32.5. The van der Waals surface area contributed by atoms with Crippen LogP contribution in [0.3, 0.4) is 0 Å². The molecule has 0 radical (unpaired) electrons. The molecule has 2 fully saturated rings. The Hall–Kier alpha value is -8.38. The third kappa shape index (κ3) is 17.7. The van der Waals surface area contributed by atoms with E-state index in [1.807, 2.05) is 62.3 Å². The Bertz CT molecular complexity index is 4130. The van der Waals surface area contributed by atoms with Gasteiger partial charge in [-0.3, -0.25) is 4.79 Å². The molecule has 9 aromatic carbocycles. The first kappa shape index (κ1) is 77.4. The maximum atomic E-state index is 14.3. The van der Waals surface area contributed by atoms with Crippen LogP contribution in [0.1, 0.15) is 164 Å². The molecule has 0 aromatic heterocycles. The Balaban J connectivity index is 0.000000171. The number of carbonyl (C=O) groups is 1. The van der Waals surface area contributed by atoms with Crippen LogP contribution in [0.25, 0.3) is 33.4 Å². The van der Waals surface area contributed by atoms with E-state index in [2.05, 4.69) is 100 Å². The second-order valence-corrected chi connectivity index (χ2v) is 29.6. The Morgan fingerprint density at radius 1 is 0.510 bits per heavy atom. The molecule has 0 spiro atoms. The van der Waals surface area contributed by atoms with Crippen molar-refractivity contribution in [3.05, 3.63) is 260 Å². The van der Waals surface area contributed by atoms with Gasteiger partial charge in [0.15, 0.2) is 5.78 Å². The third-order valence-electron chi connectivity index (χ3n) is 18.5. The van der Waals surface area contributed by atoms with Gasteiger partial charge in [0.05, 0.1) is 53.4 Å². The van der Waals surface area contributed by atoms with Crippen LogP contribution >= 0.6 is 0 Å². The van der Waals surface area contributed by atoms with E-state index in [-0.39, 0.29) is 44.3 Å². The van der Waals surface area contributed by atoms with E-state index in [0.717, 1.165) is 13.0 Å². The van der Waals surface area contributed by atoms with E-state index in [4.69, 9.17) is 18.9 Å². The topological polar surface area (TPSA) is 158 Å². The Morgan fingerprint density at radius 2 is 0.890 bits per heavy atom. The fraction of sp³-hybridized carbons (Fsp3) is 0.353. The van der Waals surface area contributed by atoms with Crippen molar-refractivity contribution in [2.45, 2.75) is 153 Å². The summed E-state index contributed by atoms with van der Waals surface area (Å²) in [5.41, 5.74) is 14.8. The smallest absolute Gasteiger partial charge is 0.420 e. The van der Waals surface area contributed by atoms with Gasteiger partial charge in [-0.1, -0.05) is 199 Å². The van der Waals surface area contributed by atoms with Gasteiger partial charge in [-0.25, -0.2) is 13.2 Å². The molecular weight excluding hydrogens is 1260 g/mol. The van der Waals surface area contributed by atoms with Gasteiger partial charge in [-0.15, -0.1) is 0 Å². The summed E-state index contributed by atoms with van der Waals surface area (Å²) < 4.78 is 65.8. The number of methoxy groups -OCH3 is 3. The number of hydrogen-bond acceptors (Lipinski definition) is 11. The van der Waals surface area contributed by atoms with E-state index >= 15 is 0 Å². The van der Waals surface area contributed by atoms with E-state index in [0.29, 0.717) is 90.1 Å². The number of fused-ring (bicyclic) bond motifs is 1. The molecule has 528 valence electrons. The minimum atomic E-state index is -0.797. The van der Waals surface area contributed by atoms with E-state index in [1.165, 1.54) is 96.4 Å². The summed E-state index contributed by atoms with van der Waals surface area (Å²) in [6, 6.07) is 51.8. The lowest BCUT2D eigenvalue weighted by molar-refractivity contribution is 0.0629. The molecular formula is C85H99BF3NO10. The Kier molecular flexibility index (Phi) is 25.2. The molecule has 0 unspecified atom stereocenters. The molecule has 15 heteroatoms. The lowest BCUT2D eigenvalue weighted by atomic mass is 9.70. The van der Waals surface area contributed by atoms with Crippen LogP contribution in [-0.2, 0) is 30.1 Å². The van der Waals surface area contributed by atoms with Crippen LogP contribution in [0.2, 0.25) is 0 Å². The first-order valence-electron chi connectivity index (χ1n) is 34.0. The fourth-order valence-corrected chi connectivity index (χ4v) is 13.3. The lowest BCUT2D eigenvalue weighted by Crippen LogP contribution is -2.46. The molecule has 2 heterocycles. The van der Waals surface area contributed by atoms with Gasteiger partial charge in [0, 0.05) is 33.7 Å². The van der Waals surface area contributed by atoms with Crippen molar-refractivity contribution in [3.8, 4) is 50.6 Å². The van der Waals surface area contributed by atoms with Crippen LogP contribution < -0.4 is 19.7 Å². The maximum absolute atomic E-state index is 14.3. The molecule has 2 aliphatic rings. The average molecular weight is 1360 g/mol. The zero-order chi connectivity index (χ0) is 73.3. The highest BCUT2D eigenvalue weighted by molar-refractivity contribution is 6.66. The monoisotopic (exact) mass is 1360 g/mol. The van der Waals surface area contributed by atoms with Crippen molar-refractivity contribution >= 4 is 18.3 Å². The summed E-state index contributed by atoms with van der Waals surface area (Å²) in [5, 5.41) is 49.5. The molecule has 0 saturated carbocycles. The summed E-state index contributed by atoms with van der Waals surface area (Å²) in [6.45, 7) is 28.6. The molecule has 3 atom stereocenters. The SMILES string of the molecule is COc1ccc(F)c(-c2ccc(CO)cc2C(=O)C(C)(C)C)c1.COc1ccc(F)c(-c2ccc(CO)cc2[C@@H](O)C(C)(C)C)c1.COc1ccc(F)c(-c2ccc(CO)cc2[C@H](O)C(C)(C)C)c1.Cc1cc(C)cc(C2(c3cc(C)cc(C)c3)OB(c3ccccc3C)N3CCC[C@@H]32)c1. The van der Waals surface area contributed by atoms with Crippen LogP contribution in [0.4, 0.5) is 13.2 Å². The molecule has 11 nitrogen and oxygen atoms in total. The number of aliphatic hydroxyl groups is 5. The third-order valence-corrected chi connectivity index (χ3v) is 18.5. The normalized spacial score (nSPS) is 14.9. The van der Waals surface area contributed by atoms with Gasteiger partial charge in [0.1, 0.15) is 40.3 Å². The number of hydrogen-bond donors (Lipinski definition) is 5. The predicted molar refractivity (Wildman–Crippen MR) is 396 cm³/mol. The largest absolute Gasteiger partial charge is 0.497 e. The molecule has 0 bridgehead atoms. The zero-order valence-electron chi connectivity index (χ0n) is 61.1. The number of rotatable bonds is 15. The number of benzene rings is 9. The molecule has 100 heavy (non-hydrogen) atoms. The molecule has 2 aliphatic heterocycles. The number of nitrogens with zero attached hydrogens (tertiary/aromatic N) is 1. The average Bonchev–Trinajstić information content (AvgIpc) is 1.54. The molecule has 0 aliphatic carbocycles. The summed E-state index contributed by atoms with van der Waals surface area (Å²) >= 11 is 0. The number of halogens is 3. The highest BCUT2D eigenvalue weighted by Crippen LogP contribution is 2.50. The number of ether oxygens (including phenoxy) is 3. The maximum Gasteiger partial charge on any atom is 0.420 e. The summed E-state index contributed by atoms with van der Waals surface area (Å²) in [7, 11) is 4.54. The highest BCUT2D eigenvalue weighted by Gasteiger charge is 2.59. The first-order chi connectivity index (χ1) is 47.2. The number of carbonyl (C=O) groups excluding carboxylic acids is 1. The summed E-state index contributed by atoms with van der Waals surface area (Å²) in [4.78, 5) is 15.4. The Labute approximate surface area is 590 Å². The second-order valence-electron chi connectivity index (χ2n) is 29.6. The minimum absolute atomic E-state index is 0.0182. The van der Waals surface area contributed by atoms with Crippen LogP contribution in [0, 0.1) is 68.3 Å². The lowest BCUT2D eigenvalue weighted by Gasteiger charge is -2.37. The van der Waals surface area contributed by atoms with Crippen LogP contribution in [0.5, 0.6) is 17.2 Å². The molecule has 2 saturated heterocycles. The number of aliphatic hydroxyl groups excluding tert-OH is 5. The standard InChI is InChI=1S/C28H32BNO.2C19H23FO3.C19H21FO3/c1-19-13-20(2)16-24(15-19)28(25-17-21(3)14-22(4)18-25)27-11-8-12-30(27)29(31-28)26-10-7-6-9-23(26)5;3*1-19(2,3)18(22)16-9-12(11-21)5-7-14(16)15-10-13(23-4)6-8-17(15)20/h6-7,9-10,13-18,27H,8,11-12H2,1-5H3;2*5-10,18,21-22H,11H2,1-4H3;5-10,21H,11H2,1-4H3/t27-;2*18-;/m110./s1. The van der Waals surface area contributed by atoms with E-state index < -0.39 is 39.9 Å². The van der Waals surface area contributed by atoms with Gasteiger partial charge in [-0.2, -0.15) is 0 Å². The van der Waals surface area contributed by atoms with Crippen molar-refractivity contribution in [3.63, 3.8) is 0 Å². The highest BCUT2D eigenvalue weighted by atomic mass is 19.1. The van der Waals surface area contributed by atoms with Crippen molar-refractivity contribution in [1.29, 1.82) is 0 Å². The summed E-state index contributed by atoms with van der Waals surface area (Å²) in [5.74, 6) is 0.305. The van der Waals surface area contributed by atoms with Gasteiger partial charge in [0.25, 0.3) is 0 Å². The first-order valence-corrected chi connectivity index (χ1v) is 34.0. The van der Waals surface area contributed by atoms with Crippen LogP contribution in [0.15, 0.2) is 170 Å². The van der Waals surface area contributed by atoms with Gasteiger partial charge >= 0.3 is 7.05 Å². The van der Waals surface area contributed by atoms with Crippen molar-refractivity contribution in [1.82, 2.24) is 4.81 Å². The molecule has 0 amide bonds. The Morgan fingerprint density at radius 3 is 1.26 bits per heavy atom. The van der Waals surface area contributed by atoms with Crippen molar-refractivity contribution < 1.29 is 62.4 Å². The minimum Gasteiger partial charge on any atom is -0.497 e. The van der Waals surface area contributed by atoms with Crippen LogP contribution in [-0.4, -0.2) is 77.1 Å². The van der Waals surface area contributed by atoms with E-state index in [1.54, 1.807) is 84.9 Å². The summed E-state index contributed by atoms with van der Waals surface area (Å²) in [6.07, 6.45) is 0.778. The number of ketones is 1. The van der Waals surface area contributed by atoms with Gasteiger partial charge < -0.3 is 49.2 Å². The van der Waals surface area contributed by atoms with Gasteiger partial charge in [0.2, 0.25) is 0 Å². The van der Waals surface area contributed by atoms with Gasteiger partial charge in [-0.05, 0) is 187 Å². The van der Waals surface area contributed by atoms with Crippen molar-refractivity contribution in [2.24, 2.45) is 16.2 Å². The van der Waals surface area contributed by atoms with E-state index in [9.17, 15) is 43.5 Å². The van der Waals surface area contributed by atoms with Crippen molar-refractivity contribution in [2.75, 3.05) is 27.9 Å².